The number of fused-ring (bicyclic) bond motifs is 1. The molecule has 1 heterocycles. The molecule has 9 nitrogen and oxygen atoms in total. The van der Waals surface area contributed by atoms with Gasteiger partial charge in [0.15, 0.2) is 11.5 Å². The number of imidazole rings is 1. The molecule has 9 heteroatoms. The summed E-state index contributed by atoms with van der Waals surface area (Å²) in [6.45, 7) is 2.71. The largest absolute Gasteiger partial charge is 0.493 e. The number of nitrogens with zero attached hydrogens (tertiary/aromatic N) is 4. The molecule has 3 aromatic rings. The summed E-state index contributed by atoms with van der Waals surface area (Å²) in [6.07, 6.45) is 1.36. The zero-order chi connectivity index (χ0) is 19.4. The third-order valence-corrected chi connectivity index (χ3v) is 4.07. The van der Waals surface area contributed by atoms with E-state index in [2.05, 4.69) is 15.5 Å². The lowest BCUT2D eigenvalue weighted by Gasteiger charge is -2.08. The van der Waals surface area contributed by atoms with E-state index in [0.29, 0.717) is 18.2 Å². The Bertz CT molecular complexity index is 1010. The van der Waals surface area contributed by atoms with Gasteiger partial charge in [-0.3, -0.25) is 10.1 Å². The quantitative estimate of drug-likeness (QED) is 0.389. The average molecular weight is 369 g/mol. The van der Waals surface area contributed by atoms with Gasteiger partial charge in [-0.15, -0.1) is 0 Å². The van der Waals surface area contributed by atoms with Crippen LogP contribution in [0.15, 0.2) is 41.5 Å². The Kier molecular flexibility index (Phi) is 5.20. The van der Waals surface area contributed by atoms with E-state index in [9.17, 15) is 10.1 Å². The molecule has 27 heavy (non-hydrogen) atoms. The van der Waals surface area contributed by atoms with Crippen LogP contribution in [0.25, 0.3) is 11.0 Å². The lowest BCUT2D eigenvalue weighted by Crippen LogP contribution is -2.03. The minimum absolute atomic E-state index is 0.137. The molecule has 3 rings (SSSR count). The molecule has 0 aliphatic rings. The van der Waals surface area contributed by atoms with Crippen LogP contribution in [0.4, 0.5) is 11.6 Å². The Morgan fingerprint density at radius 1 is 1.26 bits per heavy atom. The summed E-state index contributed by atoms with van der Waals surface area (Å²) in [6, 6.07) is 10.5. The number of ether oxygens (including phenoxy) is 2. The third kappa shape index (κ3) is 3.52. The normalized spacial score (nSPS) is 11.1. The molecule has 0 aliphatic heterocycles. The number of nitro benzene ring substituents is 1. The van der Waals surface area contributed by atoms with Crippen LogP contribution < -0.4 is 14.9 Å². The first-order chi connectivity index (χ1) is 13.1. The van der Waals surface area contributed by atoms with Gasteiger partial charge in [-0.25, -0.2) is 10.4 Å². The number of hydrazone groups is 1. The van der Waals surface area contributed by atoms with Gasteiger partial charge in [0, 0.05) is 6.54 Å². The fourth-order valence-corrected chi connectivity index (χ4v) is 2.79. The second kappa shape index (κ2) is 7.73. The molecule has 1 N–H and O–H groups in total. The number of hydrogen-bond acceptors (Lipinski definition) is 7. The van der Waals surface area contributed by atoms with E-state index in [-0.39, 0.29) is 17.0 Å². The number of aryl methyl sites for hydroxylation is 1. The Labute approximate surface area is 155 Å². The molecule has 0 saturated heterocycles. The Balaban J connectivity index is 1.93. The summed E-state index contributed by atoms with van der Waals surface area (Å²) in [5.41, 5.74) is 4.83. The minimum Gasteiger partial charge on any atom is -0.493 e. The van der Waals surface area contributed by atoms with Crippen molar-refractivity contribution in [2.45, 2.75) is 13.5 Å². The first-order valence-electron chi connectivity index (χ1n) is 8.23. The van der Waals surface area contributed by atoms with E-state index in [4.69, 9.17) is 9.47 Å². The highest BCUT2D eigenvalue weighted by Crippen LogP contribution is 2.33. The highest BCUT2D eigenvalue weighted by atomic mass is 16.6. The van der Waals surface area contributed by atoms with Gasteiger partial charge in [-0.05, 0) is 25.1 Å². The molecule has 0 bridgehead atoms. The fourth-order valence-electron chi connectivity index (χ4n) is 2.79. The van der Waals surface area contributed by atoms with E-state index in [1.807, 2.05) is 35.8 Å². The van der Waals surface area contributed by atoms with Crippen LogP contribution in [0.3, 0.4) is 0 Å². The molecule has 0 fully saturated rings. The van der Waals surface area contributed by atoms with Gasteiger partial charge >= 0.3 is 0 Å². The van der Waals surface area contributed by atoms with Crippen molar-refractivity contribution in [2.24, 2.45) is 5.10 Å². The van der Waals surface area contributed by atoms with Gasteiger partial charge in [0.25, 0.3) is 5.69 Å². The standard InChI is InChI=1S/C18H19N5O4/c1-4-22-14-8-6-5-7-13(14)20-18(22)21-19-11-12-9-16(26-2)17(27-3)10-15(12)23(24)25/h5-11H,4H2,1-3H3,(H,20,21)/b19-11-. The van der Waals surface area contributed by atoms with Crippen LogP contribution >= 0.6 is 0 Å². The van der Waals surface area contributed by atoms with Crippen LogP contribution in [0.1, 0.15) is 12.5 Å². The van der Waals surface area contributed by atoms with Gasteiger partial charge in [-0.2, -0.15) is 5.10 Å². The molecule has 0 aliphatic carbocycles. The molecule has 0 atom stereocenters. The topological polar surface area (TPSA) is 104 Å². The molecule has 140 valence electrons. The van der Waals surface area contributed by atoms with Crippen LogP contribution in [-0.2, 0) is 6.54 Å². The van der Waals surface area contributed by atoms with Crippen LogP contribution in [0, 0.1) is 10.1 Å². The Morgan fingerprint density at radius 3 is 2.63 bits per heavy atom. The summed E-state index contributed by atoms with van der Waals surface area (Å²) in [4.78, 5) is 15.3. The lowest BCUT2D eigenvalue weighted by molar-refractivity contribution is -0.385. The number of aromatic nitrogens is 2. The molecule has 2 aromatic carbocycles. The summed E-state index contributed by atoms with van der Waals surface area (Å²) >= 11 is 0. The van der Waals surface area contributed by atoms with Crippen LogP contribution in [0.2, 0.25) is 0 Å². The lowest BCUT2D eigenvalue weighted by atomic mass is 10.1. The number of nitro groups is 1. The third-order valence-electron chi connectivity index (χ3n) is 4.07. The highest BCUT2D eigenvalue weighted by Gasteiger charge is 2.18. The first-order valence-corrected chi connectivity index (χ1v) is 8.23. The number of nitrogens with one attached hydrogen (secondary N) is 1. The van der Waals surface area contributed by atoms with Crippen LogP contribution in [-0.4, -0.2) is 34.9 Å². The maximum atomic E-state index is 11.4. The van der Waals surface area contributed by atoms with E-state index >= 15 is 0 Å². The second-order valence-corrected chi connectivity index (χ2v) is 5.56. The van der Waals surface area contributed by atoms with Crippen molar-refractivity contribution in [2.75, 3.05) is 19.6 Å². The van der Waals surface area contributed by atoms with E-state index in [1.54, 1.807) is 0 Å². The molecular formula is C18H19N5O4. The predicted octanol–water partition coefficient (Wildman–Crippen LogP) is 3.43. The molecule has 0 amide bonds. The molecular weight excluding hydrogens is 350 g/mol. The van der Waals surface area contributed by atoms with Crippen molar-refractivity contribution in [1.82, 2.24) is 9.55 Å². The smallest absolute Gasteiger partial charge is 0.282 e. The van der Waals surface area contributed by atoms with Gasteiger partial charge in [0.2, 0.25) is 5.95 Å². The van der Waals surface area contributed by atoms with Gasteiger partial charge in [-0.1, -0.05) is 12.1 Å². The second-order valence-electron chi connectivity index (χ2n) is 5.56. The summed E-state index contributed by atoms with van der Waals surface area (Å²) in [5.74, 6) is 1.21. The fraction of sp³-hybridized carbons (Fsp3) is 0.222. The molecule has 0 saturated carbocycles. The number of anilines is 1. The van der Waals surface area contributed by atoms with Crippen molar-refractivity contribution in [3.8, 4) is 11.5 Å². The molecule has 0 spiro atoms. The van der Waals surface area contributed by atoms with Crippen molar-refractivity contribution >= 4 is 28.9 Å². The number of benzene rings is 2. The van der Waals surface area contributed by atoms with Crippen LogP contribution in [0.5, 0.6) is 11.5 Å². The number of methoxy groups -OCH3 is 2. The maximum absolute atomic E-state index is 11.4. The summed E-state index contributed by atoms with van der Waals surface area (Å²) < 4.78 is 12.3. The van der Waals surface area contributed by atoms with E-state index < -0.39 is 4.92 Å². The van der Waals surface area contributed by atoms with E-state index in [0.717, 1.165) is 11.0 Å². The number of hydrogen-bond donors (Lipinski definition) is 1. The average Bonchev–Trinajstić information content (AvgIpc) is 3.04. The van der Waals surface area contributed by atoms with Gasteiger partial charge in [0.05, 0.1) is 48.0 Å². The molecule has 1 aromatic heterocycles. The monoisotopic (exact) mass is 369 g/mol. The highest BCUT2D eigenvalue weighted by molar-refractivity contribution is 5.87. The zero-order valence-electron chi connectivity index (χ0n) is 15.2. The maximum Gasteiger partial charge on any atom is 0.282 e. The van der Waals surface area contributed by atoms with Crippen molar-refractivity contribution < 1.29 is 14.4 Å². The summed E-state index contributed by atoms with van der Waals surface area (Å²) in [5, 5.41) is 15.5. The SMILES string of the molecule is CCn1c(N/N=C\c2cc(OC)c(OC)cc2[N+](=O)[O-])nc2ccccc21. The van der Waals surface area contributed by atoms with E-state index in [1.165, 1.54) is 32.6 Å². The molecule has 0 radical (unpaired) electrons. The van der Waals surface area contributed by atoms with Crippen molar-refractivity contribution in [3.63, 3.8) is 0 Å². The predicted molar refractivity (Wildman–Crippen MR) is 103 cm³/mol. The number of para-hydroxylation sites is 2. The van der Waals surface area contributed by atoms with Gasteiger partial charge in [0.1, 0.15) is 0 Å². The van der Waals surface area contributed by atoms with Crippen molar-refractivity contribution in [3.05, 3.63) is 52.1 Å². The Morgan fingerprint density at radius 2 is 1.96 bits per heavy atom. The first kappa shape index (κ1) is 18.2. The Hall–Kier alpha value is -3.62. The minimum atomic E-state index is -0.495. The molecule has 0 unspecified atom stereocenters. The zero-order valence-corrected chi connectivity index (χ0v) is 15.2. The summed E-state index contributed by atoms with van der Waals surface area (Å²) in [7, 11) is 2.89. The van der Waals surface area contributed by atoms with Gasteiger partial charge < -0.3 is 14.0 Å². The number of rotatable bonds is 7. The van der Waals surface area contributed by atoms with Crippen molar-refractivity contribution in [1.29, 1.82) is 0 Å².